The van der Waals surface area contributed by atoms with Gasteiger partial charge in [-0.1, -0.05) is 24.3 Å². The van der Waals surface area contributed by atoms with Gasteiger partial charge >= 0.3 is 5.97 Å². The highest BCUT2D eigenvalue weighted by Gasteiger charge is 1.94. The number of rotatable bonds is 4. The van der Waals surface area contributed by atoms with E-state index in [0.29, 0.717) is 6.42 Å². The van der Waals surface area contributed by atoms with Crippen LogP contribution in [0.4, 0.5) is 0 Å². The largest absolute Gasteiger partial charge is 0.469 e. The molecule has 0 unspecified atom stereocenters. The van der Waals surface area contributed by atoms with Crippen molar-refractivity contribution in [1.29, 1.82) is 0 Å². The Morgan fingerprint density at radius 3 is 2.73 bits per heavy atom. The summed E-state index contributed by atoms with van der Waals surface area (Å²) in [6.45, 7) is 1.95. The van der Waals surface area contributed by atoms with Gasteiger partial charge in [0.1, 0.15) is 0 Å². The van der Waals surface area contributed by atoms with Gasteiger partial charge in [-0.3, -0.25) is 4.79 Å². The van der Waals surface area contributed by atoms with Crippen LogP contribution in [-0.2, 0) is 9.53 Å². The zero-order valence-electron chi connectivity index (χ0n) is 7.04. The minimum absolute atomic E-state index is 0.157. The first-order valence-corrected chi connectivity index (χ1v) is 3.66. The van der Waals surface area contributed by atoms with Crippen molar-refractivity contribution in [3.63, 3.8) is 0 Å². The Morgan fingerprint density at radius 2 is 2.18 bits per heavy atom. The van der Waals surface area contributed by atoms with Gasteiger partial charge < -0.3 is 4.74 Å². The standard InChI is InChI=1S/C9H14O2/c1-3-4-5-6-7-8-9(10)11-2/h3-6H,7-8H2,1-2H3/b4-3+,6-5+. The van der Waals surface area contributed by atoms with Gasteiger partial charge in [0.15, 0.2) is 0 Å². The third-order valence-electron chi connectivity index (χ3n) is 1.18. The summed E-state index contributed by atoms with van der Waals surface area (Å²) in [5.74, 6) is -0.157. The number of hydrogen-bond donors (Lipinski definition) is 0. The lowest BCUT2D eigenvalue weighted by Crippen LogP contribution is -1.97. The summed E-state index contributed by atoms with van der Waals surface area (Å²) in [4.78, 5) is 10.6. The molecule has 0 aromatic carbocycles. The highest BCUT2D eigenvalue weighted by molar-refractivity contribution is 5.69. The highest BCUT2D eigenvalue weighted by atomic mass is 16.5. The topological polar surface area (TPSA) is 26.3 Å². The number of carbonyl (C=O) groups is 1. The smallest absolute Gasteiger partial charge is 0.305 e. The maximum absolute atomic E-state index is 10.6. The lowest BCUT2D eigenvalue weighted by molar-refractivity contribution is -0.140. The zero-order valence-corrected chi connectivity index (χ0v) is 7.04. The number of methoxy groups -OCH3 is 1. The van der Waals surface area contributed by atoms with Gasteiger partial charge in [-0.25, -0.2) is 0 Å². The number of carbonyl (C=O) groups excluding carboxylic acids is 1. The Hall–Kier alpha value is -1.05. The molecule has 0 aliphatic heterocycles. The van der Waals surface area contributed by atoms with Crippen LogP contribution in [0, 0.1) is 0 Å². The van der Waals surface area contributed by atoms with Gasteiger partial charge in [0.2, 0.25) is 0 Å². The molecule has 11 heavy (non-hydrogen) atoms. The van der Waals surface area contributed by atoms with Gasteiger partial charge in [0, 0.05) is 6.42 Å². The van der Waals surface area contributed by atoms with Crippen molar-refractivity contribution in [2.75, 3.05) is 7.11 Å². The fraction of sp³-hybridized carbons (Fsp3) is 0.444. The van der Waals surface area contributed by atoms with Crippen molar-refractivity contribution in [1.82, 2.24) is 0 Å². The Balaban J connectivity index is 3.33. The molecule has 0 radical (unpaired) electrons. The van der Waals surface area contributed by atoms with E-state index in [1.807, 2.05) is 31.2 Å². The maximum atomic E-state index is 10.6. The van der Waals surface area contributed by atoms with Gasteiger partial charge in [0.05, 0.1) is 7.11 Å². The maximum Gasteiger partial charge on any atom is 0.305 e. The van der Waals surface area contributed by atoms with E-state index in [1.165, 1.54) is 7.11 Å². The first kappa shape index (κ1) is 9.95. The third-order valence-corrected chi connectivity index (χ3v) is 1.18. The van der Waals surface area contributed by atoms with Crippen LogP contribution in [0.25, 0.3) is 0 Å². The fourth-order valence-corrected chi connectivity index (χ4v) is 0.589. The molecule has 0 aliphatic rings. The number of allylic oxidation sites excluding steroid dienone is 4. The molecular formula is C9H14O2. The molecule has 62 valence electrons. The molecule has 0 N–H and O–H groups in total. The molecule has 0 fully saturated rings. The number of ether oxygens (including phenoxy) is 1. The summed E-state index contributed by atoms with van der Waals surface area (Å²) >= 11 is 0. The van der Waals surface area contributed by atoms with Crippen molar-refractivity contribution in [2.45, 2.75) is 19.8 Å². The molecule has 0 saturated carbocycles. The molecule has 0 aliphatic carbocycles. The van der Waals surface area contributed by atoms with E-state index in [2.05, 4.69) is 4.74 Å². The average molecular weight is 154 g/mol. The lowest BCUT2D eigenvalue weighted by atomic mass is 10.3. The van der Waals surface area contributed by atoms with Crippen LogP contribution in [0.1, 0.15) is 19.8 Å². The van der Waals surface area contributed by atoms with Crippen molar-refractivity contribution < 1.29 is 9.53 Å². The molecule has 0 bridgehead atoms. The molecule has 0 aromatic rings. The molecule has 0 heterocycles. The molecule has 0 rings (SSSR count). The number of esters is 1. The second kappa shape index (κ2) is 7.06. The van der Waals surface area contributed by atoms with Crippen molar-refractivity contribution in [2.24, 2.45) is 0 Å². The normalized spacial score (nSPS) is 11.1. The van der Waals surface area contributed by atoms with Crippen LogP contribution in [0.2, 0.25) is 0 Å². The minimum atomic E-state index is -0.157. The van der Waals surface area contributed by atoms with Crippen molar-refractivity contribution in [3.05, 3.63) is 24.3 Å². The minimum Gasteiger partial charge on any atom is -0.469 e. The first-order chi connectivity index (χ1) is 5.31. The van der Waals surface area contributed by atoms with Crippen LogP contribution < -0.4 is 0 Å². The van der Waals surface area contributed by atoms with E-state index in [1.54, 1.807) is 0 Å². The molecule has 0 spiro atoms. The predicted octanol–water partition coefficient (Wildman–Crippen LogP) is 2.07. The second-order valence-electron chi connectivity index (χ2n) is 2.07. The summed E-state index contributed by atoms with van der Waals surface area (Å²) in [5, 5.41) is 0. The van der Waals surface area contributed by atoms with Gasteiger partial charge in [-0.05, 0) is 13.3 Å². The van der Waals surface area contributed by atoms with Crippen molar-refractivity contribution >= 4 is 5.97 Å². The van der Waals surface area contributed by atoms with Crippen LogP contribution >= 0.6 is 0 Å². The zero-order chi connectivity index (χ0) is 8.53. The molecule has 2 heteroatoms. The molecule has 2 nitrogen and oxygen atoms in total. The number of hydrogen-bond acceptors (Lipinski definition) is 2. The van der Waals surface area contributed by atoms with Crippen LogP contribution in [0.3, 0.4) is 0 Å². The van der Waals surface area contributed by atoms with Crippen LogP contribution in [0.15, 0.2) is 24.3 Å². The Kier molecular flexibility index (Phi) is 6.39. The second-order valence-corrected chi connectivity index (χ2v) is 2.07. The molecule has 0 saturated heterocycles. The summed E-state index contributed by atoms with van der Waals surface area (Å²) in [5.41, 5.74) is 0. The molecule has 0 amide bonds. The summed E-state index contributed by atoms with van der Waals surface area (Å²) < 4.78 is 4.47. The Bertz CT molecular complexity index is 157. The summed E-state index contributed by atoms with van der Waals surface area (Å²) in [6.07, 6.45) is 8.94. The first-order valence-electron chi connectivity index (χ1n) is 3.66. The lowest BCUT2D eigenvalue weighted by Gasteiger charge is -1.92. The SMILES string of the molecule is C/C=C/C=C/CCC(=O)OC. The molecule has 0 aromatic heterocycles. The molecule has 0 atom stereocenters. The Morgan fingerprint density at radius 1 is 1.45 bits per heavy atom. The van der Waals surface area contributed by atoms with E-state index in [4.69, 9.17) is 0 Å². The van der Waals surface area contributed by atoms with Gasteiger partial charge in [-0.15, -0.1) is 0 Å². The van der Waals surface area contributed by atoms with E-state index >= 15 is 0 Å². The van der Waals surface area contributed by atoms with E-state index < -0.39 is 0 Å². The van der Waals surface area contributed by atoms with Crippen molar-refractivity contribution in [3.8, 4) is 0 Å². The predicted molar refractivity (Wildman–Crippen MR) is 45.2 cm³/mol. The quantitative estimate of drug-likeness (QED) is 0.457. The van der Waals surface area contributed by atoms with Crippen LogP contribution in [-0.4, -0.2) is 13.1 Å². The average Bonchev–Trinajstić information content (AvgIpc) is 2.04. The van der Waals surface area contributed by atoms with Gasteiger partial charge in [-0.2, -0.15) is 0 Å². The highest BCUT2D eigenvalue weighted by Crippen LogP contribution is 1.93. The van der Waals surface area contributed by atoms with Crippen LogP contribution in [0.5, 0.6) is 0 Å². The monoisotopic (exact) mass is 154 g/mol. The fourth-order valence-electron chi connectivity index (χ4n) is 0.589. The summed E-state index contributed by atoms with van der Waals surface area (Å²) in [6, 6.07) is 0. The Labute approximate surface area is 67.6 Å². The summed E-state index contributed by atoms with van der Waals surface area (Å²) in [7, 11) is 1.40. The molecular weight excluding hydrogens is 140 g/mol. The van der Waals surface area contributed by atoms with E-state index in [-0.39, 0.29) is 5.97 Å². The van der Waals surface area contributed by atoms with E-state index in [9.17, 15) is 4.79 Å². The third kappa shape index (κ3) is 6.84. The van der Waals surface area contributed by atoms with Gasteiger partial charge in [0.25, 0.3) is 0 Å². The van der Waals surface area contributed by atoms with E-state index in [0.717, 1.165) is 6.42 Å².